The number of ether oxygens (including phenoxy) is 2. The Morgan fingerprint density at radius 3 is 2.83 bits per heavy atom. The number of benzene rings is 2. The van der Waals surface area contributed by atoms with E-state index in [4.69, 9.17) is 32.7 Å². The molecule has 2 N–H and O–H groups in total. The van der Waals surface area contributed by atoms with Crippen molar-refractivity contribution in [1.82, 2.24) is 5.32 Å². The monoisotopic (exact) mass is 464 g/mol. The van der Waals surface area contributed by atoms with Crippen molar-refractivity contribution in [1.29, 1.82) is 0 Å². The minimum Gasteiger partial charge on any atom is -0.454 e. The second-order valence-corrected chi connectivity index (χ2v) is 8.25. The number of hydrogen-bond acceptors (Lipinski definition) is 7. The molecule has 0 aromatic heterocycles. The minimum absolute atomic E-state index is 0.0166. The minimum atomic E-state index is -0.660. The normalized spacial score (nSPS) is 19.2. The van der Waals surface area contributed by atoms with E-state index in [1.54, 1.807) is 36.4 Å². The highest BCUT2D eigenvalue weighted by molar-refractivity contribution is 8.15. The van der Waals surface area contributed by atoms with Crippen LogP contribution in [0.1, 0.15) is 12.0 Å². The lowest BCUT2D eigenvalue weighted by atomic mass is 10.2. The van der Waals surface area contributed by atoms with Gasteiger partial charge in [0.15, 0.2) is 16.7 Å². The van der Waals surface area contributed by atoms with E-state index in [9.17, 15) is 9.59 Å². The van der Waals surface area contributed by atoms with Crippen LogP contribution in [0.4, 0.5) is 5.69 Å². The van der Waals surface area contributed by atoms with Gasteiger partial charge in [-0.1, -0.05) is 35.0 Å². The third kappa shape index (κ3) is 4.86. The van der Waals surface area contributed by atoms with Crippen molar-refractivity contribution in [3.8, 4) is 11.5 Å². The summed E-state index contributed by atoms with van der Waals surface area (Å²) in [6.45, 7) is 0.187. The van der Waals surface area contributed by atoms with E-state index in [1.807, 2.05) is 0 Å². The summed E-state index contributed by atoms with van der Waals surface area (Å²) in [6, 6.07) is 10.1. The van der Waals surface area contributed by atoms with Gasteiger partial charge in [-0.3, -0.25) is 9.59 Å². The summed E-state index contributed by atoms with van der Waals surface area (Å²) in [5.74, 6) is 0.635. The van der Waals surface area contributed by atoms with Gasteiger partial charge < -0.3 is 20.1 Å². The van der Waals surface area contributed by atoms with Crippen molar-refractivity contribution in [3.63, 3.8) is 0 Å². The molecule has 2 heterocycles. The molecule has 2 aliphatic rings. The fourth-order valence-corrected chi connectivity index (χ4v) is 3.91. The van der Waals surface area contributed by atoms with Crippen LogP contribution in [0.2, 0.25) is 10.0 Å². The molecule has 2 aromatic rings. The first-order valence-electron chi connectivity index (χ1n) is 8.71. The first-order chi connectivity index (χ1) is 14.5. The molecule has 2 aromatic carbocycles. The second-order valence-electron chi connectivity index (χ2n) is 6.24. The Morgan fingerprint density at radius 1 is 1.17 bits per heavy atom. The molecule has 0 bridgehead atoms. The number of amides is 2. The van der Waals surface area contributed by atoms with Crippen molar-refractivity contribution >= 4 is 63.8 Å². The maximum atomic E-state index is 12.6. The summed E-state index contributed by atoms with van der Waals surface area (Å²) < 4.78 is 10.6. The smallest absolute Gasteiger partial charge is 0.238 e. The van der Waals surface area contributed by atoms with Crippen LogP contribution in [0.15, 0.2) is 46.6 Å². The maximum absolute atomic E-state index is 12.6. The van der Waals surface area contributed by atoms with Crippen LogP contribution in [0.3, 0.4) is 0 Å². The van der Waals surface area contributed by atoms with Crippen LogP contribution >= 0.6 is 35.0 Å². The molecule has 0 unspecified atom stereocenters. The molecular weight excluding hydrogens is 451 g/mol. The zero-order valence-electron chi connectivity index (χ0n) is 15.2. The van der Waals surface area contributed by atoms with E-state index in [0.29, 0.717) is 27.2 Å². The second kappa shape index (κ2) is 8.95. The average Bonchev–Trinajstić information content (AvgIpc) is 3.18. The Morgan fingerprint density at radius 2 is 2.00 bits per heavy atom. The highest BCUT2D eigenvalue weighted by atomic mass is 35.5. The summed E-state index contributed by atoms with van der Waals surface area (Å²) in [5.41, 5.74) is 1.24. The predicted octanol–water partition coefficient (Wildman–Crippen LogP) is 3.67. The predicted molar refractivity (Wildman–Crippen MR) is 117 cm³/mol. The van der Waals surface area contributed by atoms with Crippen molar-refractivity contribution in [2.24, 2.45) is 10.2 Å². The Balaban J connectivity index is 1.41. The quantitative estimate of drug-likeness (QED) is 0.530. The first kappa shape index (κ1) is 20.5. The lowest BCUT2D eigenvalue weighted by molar-refractivity contribution is -0.123. The average molecular weight is 465 g/mol. The van der Waals surface area contributed by atoms with Gasteiger partial charge in [0, 0.05) is 12.1 Å². The fraction of sp³-hybridized carbons (Fsp3) is 0.158. The zero-order chi connectivity index (χ0) is 21.1. The number of thioether (sulfide) groups is 1. The van der Waals surface area contributed by atoms with E-state index in [0.717, 1.165) is 17.3 Å². The van der Waals surface area contributed by atoms with E-state index < -0.39 is 5.25 Å². The van der Waals surface area contributed by atoms with E-state index in [-0.39, 0.29) is 30.2 Å². The molecule has 0 aliphatic carbocycles. The Labute approximate surface area is 185 Å². The number of hydrogen-bond donors (Lipinski definition) is 2. The van der Waals surface area contributed by atoms with Gasteiger partial charge in [0.2, 0.25) is 18.6 Å². The van der Waals surface area contributed by atoms with E-state index >= 15 is 0 Å². The molecule has 1 atom stereocenters. The Hall–Kier alpha value is -2.75. The molecule has 1 fully saturated rings. The molecule has 0 radical (unpaired) electrons. The summed E-state index contributed by atoms with van der Waals surface area (Å²) in [4.78, 5) is 24.5. The van der Waals surface area contributed by atoms with Crippen molar-refractivity contribution in [2.75, 3.05) is 12.1 Å². The first-order valence-corrected chi connectivity index (χ1v) is 10.3. The van der Waals surface area contributed by atoms with Gasteiger partial charge in [-0.15, -0.1) is 5.10 Å². The SMILES string of the molecule is O=C1C[C@@H](C(=O)Nc2ccc(Cl)c(Cl)c2)SC(=NN=Cc2ccc3c(c2)OCO3)N1. The van der Waals surface area contributed by atoms with Crippen molar-refractivity contribution in [2.45, 2.75) is 11.7 Å². The third-order valence-corrected chi connectivity index (χ3v) is 5.91. The molecule has 2 amide bonds. The number of anilines is 1. The summed E-state index contributed by atoms with van der Waals surface area (Å²) in [5, 5.41) is 13.6. The highest BCUT2D eigenvalue weighted by Gasteiger charge is 2.30. The van der Waals surface area contributed by atoms with Gasteiger partial charge in [0.1, 0.15) is 5.25 Å². The van der Waals surface area contributed by atoms with Crippen LogP contribution in [0.5, 0.6) is 11.5 Å². The fourth-order valence-electron chi connectivity index (χ4n) is 2.68. The Bertz CT molecular complexity index is 1080. The number of carbonyl (C=O) groups is 2. The molecule has 8 nitrogen and oxygen atoms in total. The molecule has 0 spiro atoms. The highest BCUT2D eigenvalue weighted by Crippen LogP contribution is 2.32. The largest absolute Gasteiger partial charge is 0.454 e. The molecule has 154 valence electrons. The molecule has 11 heteroatoms. The van der Waals surface area contributed by atoms with Gasteiger partial charge in [-0.05, 0) is 42.0 Å². The van der Waals surface area contributed by atoms with Crippen molar-refractivity contribution in [3.05, 3.63) is 52.0 Å². The van der Waals surface area contributed by atoms with Crippen LogP contribution in [0.25, 0.3) is 0 Å². The molecule has 1 saturated heterocycles. The third-order valence-electron chi connectivity index (χ3n) is 4.10. The van der Waals surface area contributed by atoms with Gasteiger partial charge >= 0.3 is 0 Å². The van der Waals surface area contributed by atoms with Crippen LogP contribution in [0, 0.1) is 0 Å². The number of rotatable bonds is 4. The molecular formula is C19H14Cl2N4O4S. The summed E-state index contributed by atoms with van der Waals surface area (Å²) in [6.07, 6.45) is 1.53. The van der Waals surface area contributed by atoms with E-state index in [2.05, 4.69) is 20.8 Å². The van der Waals surface area contributed by atoms with Crippen LogP contribution < -0.4 is 20.1 Å². The lowest BCUT2D eigenvalue weighted by Crippen LogP contribution is -2.41. The molecule has 0 saturated carbocycles. The standard InChI is InChI=1S/C19H14Cl2N4O4S/c20-12-3-2-11(6-13(12)21)23-18(27)16-7-17(26)24-19(30-16)25-22-8-10-1-4-14-15(5-10)29-9-28-14/h1-6,8,16H,7,9H2,(H,23,27)(H,24,25,26)/t16-/m0/s1. The number of amidine groups is 1. The van der Waals surface area contributed by atoms with Crippen LogP contribution in [-0.2, 0) is 9.59 Å². The zero-order valence-corrected chi connectivity index (χ0v) is 17.6. The number of halogens is 2. The van der Waals surface area contributed by atoms with E-state index in [1.165, 1.54) is 6.21 Å². The van der Waals surface area contributed by atoms with Crippen LogP contribution in [-0.4, -0.2) is 35.2 Å². The number of nitrogens with zero attached hydrogens (tertiary/aromatic N) is 2. The number of nitrogens with one attached hydrogen (secondary N) is 2. The Kier molecular flexibility index (Phi) is 6.12. The molecule has 30 heavy (non-hydrogen) atoms. The lowest BCUT2D eigenvalue weighted by Gasteiger charge is -2.21. The number of carbonyl (C=O) groups excluding carboxylic acids is 2. The van der Waals surface area contributed by atoms with Gasteiger partial charge in [-0.2, -0.15) is 5.10 Å². The van der Waals surface area contributed by atoms with Gasteiger partial charge in [0.25, 0.3) is 0 Å². The number of fused-ring (bicyclic) bond motifs is 1. The topological polar surface area (TPSA) is 101 Å². The summed E-state index contributed by atoms with van der Waals surface area (Å²) >= 11 is 13.0. The maximum Gasteiger partial charge on any atom is 0.238 e. The van der Waals surface area contributed by atoms with Gasteiger partial charge in [0.05, 0.1) is 16.3 Å². The summed E-state index contributed by atoms with van der Waals surface area (Å²) in [7, 11) is 0. The van der Waals surface area contributed by atoms with Gasteiger partial charge in [-0.25, -0.2) is 0 Å². The molecule has 2 aliphatic heterocycles. The van der Waals surface area contributed by atoms with Crippen molar-refractivity contribution < 1.29 is 19.1 Å². The molecule has 4 rings (SSSR count).